The molecule has 3 nitrogen and oxygen atoms in total. The van der Waals surface area contributed by atoms with Crippen molar-refractivity contribution in [3.8, 4) is 0 Å². The maximum atomic E-state index is 13.4. The molecule has 2 aromatic rings. The van der Waals surface area contributed by atoms with Gasteiger partial charge in [0.1, 0.15) is 11.6 Å². The summed E-state index contributed by atoms with van der Waals surface area (Å²) < 4.78 is 15.4. The number of benzene rings is 1. The van der Waals surface area contributed by atoms with Crippen molar-refractivity contribution < 1.29 is 4.39 Å². The number of rotatable bonds is 3. The maximum absolute atomic E-state index is 13.4. The first-order valence-electron chi connectivity index (χ1n) is 6.85. The number of nitrogens with one attached hydrogen (secondary N) is 1. The average Bonchev–Trinajstić information content (AvgIpc) is 2.81. The second kappa shape index (κ2) is 5.03. The first-order valence-corrected chi connectivity index (χ1v) is 6.85. The number of aryl methyl sites for hydroxylation is 1. The van der Waals surface area contributed by atoms with Gasteiger partial charge in [-0.25, -0.2) is 9.07 Å². The molecule has 1 aliphatic rings. The van der Waals surface area contributed by atoms with E-state index in [1.54, 1.807) is 12.1 Å². The van der Waals surface area contributed by atoms with Crippen LogP contribution in [0, 0.1) is 5.82 Å². The van der Waals surface area contributed by atoms with Crippen LogP contribution in [0.25, 0.3) is 0 Å². The van der Waals surface area contributed by atoms with Gasteiger partial charge in [-0.2, -0.15) is 5.10 Å². The summed E-state index contributed by atoms with van der Waals surface area (Å²) in [6, 6.07) is 9.08. The summed E-state index contributed by atoms with van der Waals surface area (Å²) in [4.78, 5) is 0. The average molecular weight is 259 g/mol. The summed E-state index contributed by atoms with van der Waals surface area (Å²) in [5, 5.41) is 8.02. The van der Waals surface area contributed by atoms with Crippen molar-refractivity contribution >= 4 is 5.82 Å². The lowest BCUT2D eigenvalue weighted by Crippen LogP contribution is -2.24. The van der Waals surface area contributed by atoms with E-state index in [1.165, 1.54) is 6.07 Å². The molecule has 0 radical (unpaired) electrons. The predicted octanol–water partition coefficient (Wildman–Crippen LogP) is 3.38. The highest BCUT2D eigenvalue weighted by Crippen LogP contribution is 2.30. The van der Waals surface area contributed by atoms with E-state index in [4.69, 9.17) is 0 Å². The van der Waals surface area contributed by atoms with Crippen LogP contribution in [0.15, 0.2) is 30.3 Å². The van der Waals surface area contributed by atoms with Crippen LogP contribution in [0.3, 0.4) is 0 Å². The van der Waals surface area contributed by atoms with Gasteiger partial charge in [-0.3, -0.25) is 0 Å². The fraction of sp³-hybridized carbons (Fsp3) is 0.400. The van der Waals surface area contributed by atoms with Crippen molar-refractivity contribution in [2.24, 2.45) is 0 Å². The first kappa shape index (κ1) is 12.2. The summed E-state index contributed by atoms with van der Waals surface area (Å²) in [6.45, 7) is 3.05. The van der Waals surface area contributed by atoms with E-state index in [0.29, 0.717) is 0 Å². The van der Waals surface area contributed by atoms with Crippen LogP contribution in [-0.2, 0) is 6.42 Å². The van der Waals surface area contributed by atoms with E-state index < -0.39 is 0 Å². The van der Waals surface area contributed by atoms with Crippen LogP contribution in [0.4, 0.5) is 10.2 Å². The van der Waals surface area contributed by atoms with E-state index in [2.05, 4.69) is 23.4 Å². The first-order chi connectivity index (χ1) is 9.28. The summed E-state index contributed by atoms with van der Waals surface area (Å²) >= 11 is 0. The SMILES string of the molecule is CCCc1cc2n(n1)C(c1cccc(F)c1)CCN2. The molecule has 1 N–H and O–H groups in total. The highest BCUT2D eigenvalue weighted by atomic mass is 19.1. The fourth-order valence-electron chi connectivity index (χ4n) is 2.67. The smallest absolute Gasteiger partial charge is 0.125 e. The Balaban J connectivity index is 1.97. The Labute approximate surface area is 112 Å². The number of halogens is 1. The number of hydrogen-bond donors (Lipinski definition) is 1. The van der Waals surface area contributed by atoms with Crippen molar-refractivity contribution in [1.29, 1.82) is 0 Å². The minimum atomic E-state index is -0.182. The zero-order valence-corrected chi connectivity index (χ0v) is 11.1. The number of nitrogens with zero attached hydrogens (tertiary/aromatic N) is 2. The molecule has 0 aliphatic carbocycles. The molecule has 100 valence electrons. The highest BCUT2D eigenvalue weighted by Gasteiger charge is 2.23. The molecular formula is C15H18FN3. The zero-order valence-electron chi connectivity index (χ0n) is 11.1. The lowest BCUT2D eigenvalue weighted by molar-refractivity contribution is 0.475. The molecule has 0 spiro atoms. The van der Waals surface area contributed by atoms with Gasteiger partial charge in [0.25, 0.3) is 0 Å². The quantitative estimate of drug-likeness (QED) is 0.915. The Kier molecular flexibility index (Phi) is 3.23. The van der Waals surface area contributed by atoms with Gasteiger partial charge < -0.3 is 5.32 Å². The monoisotopic (exact) mass is 259 g/mol. The Morgan fingerprint density at radius 1 is 1.42 bits per heavy atom. The molecule has 4 heteroatoms. The standard InChI is InChI=1S/C15H18FN3/c1-2-4-13-10-15-17-8-7-14(19(15)18-13)11-5-3-6-12(16)9-11/h3,5-6,9-10,14,17H,2,4,7-8H2,1H3. The molecule has 1 atom stereocenters. The van der Waals surface area contributed by atoms with Gasteiger partial charge in [-0.05, 0) is 30.5 Å². The largest absolute Gasteiger partial charge is 0.370 e. The van der Waals surface area contributed by atoms with E-state index in [-0.39, 0.29) is 11.9 Å². The summed E-state index contributed by atoms with van der Waals surface area (Å²) in [5.74, 6) is 0.863. The highest BCUT2D eigenvalue weighted by molar-refractivity contribution is 5.41. The molecule has 1 aromatic heterocycles. The normalized spacial score (nSPS) is 17.9. The van der Waals surface area contributed by atoms with Gasteiger partial charge in [0.2, 0.25) is 0 Å². The lowest BCUT2D eigenvalue weighted by Gasteiger charge is -2.26. The van der Waals surface area contributed by atoms with Crippen molar-refractivity contribution in [1.82, 2.24) is 9.78 Å². The van der Waals surface area contributed by atoms with Crippen molar-refractivity contribution in [2.45, 2.75) is 32.2 Å². The molecule has 0 fully saturated rings. The molecule has 1 aliphatic heterocycles. The third-order valence-electron chi connectivity index (χ3n) is 3.55. The van der Waals surface area contributed by atoms with Crippen molar-refractivity contribution in [2.75, 3.05) is 11.9 Å². The van der Waals surface area contributed by atoms with Crippen LogP contribution < -0.4 is 5.32 Å². The molecule has 19 heavy (non-hydrogen) atoms. The Morgan fingerprint density at radius 3 is 3.11 bits per heavy atom. The van der Waals surface area contributed by atoms with Crippen LogP contribution in [0.5, 0.6) is 0 Å². The van der Waals surface area contributed by atoms with Gasteiger partial charge >= 0.3 is 0 Å². The molecule has 0 saturated carbocycles. The Bertz CT molecular complexity index is 577. The van der Waals surface area contributed by atoms with E-state index in [1.807, 2.05) is 10.7 Å². The van der Waals surface area contributed by atoms with Crippen LogP contribution >= 0.6 is 0 Å². The summed E-state index contributed by atoms with van der Waals surface area (Å²) in [6.07, 6.45) is 3.00. The number of fused-ring (bicyclic) bond motifs is 1. The van der Waals surface area contributed by atoms with Crippen LogP contribution in [-0.4, -0.2) is 16.3 Å². The minimum absolute atomic E-state index is 0.137. The lowest BCUT2D eigenvalue weighted by atomic mass is 10.0. The zero-order chi connectivity index (χ0) is 13.2. The third-order valence-corrected chi connectivity index (χ3v) is 3.55. The van der Waals surface area contributed by atoms with Crippen molar-refractivity contribution in [3.05, 3.63) is 47.4 Å². The fourth-order valence-corrected chi connectivity index (χ4v) is 2.67. The minimum Gasteiger partial charge on any atom is -0.370 e. The van der Waals surface area contributed by atoms with Crippen LogP contribution in [0.2, 0.25) is 0 Å². The summed E-state index contributed by atoms with van der Waals surface area (Å²) in [7, 11) is 0. The van der Waals surface area contributed by atoms with E-state index in [0.717, 1.165) is 42.9 Å². The van der Waals surface area contributed by atoms with Crippen LogP contribution in [0.1, 0.15) is 37.1 Å². The molecule has 0 saturated heterocycles. The summed E-state index contributed by atoms with van der Waals surface area (Å²) in [5.41, 5.74) is 2.10. The number of hydrogen-bond acceptors (Lipinski definition) is 2. The number of aromatic nitrogens is 2. The molecule has 1 aromatic carbocycles. The van der Waals surface area contributed by atoms with Gasteiger partial charge in [0.05, 0.1) is 11.7 Å². The molecule has 1 unspecified atom stereocenters. The Morgan fingerprint density at radius 2 is 2.32 bits per heavy atom. The third kappa shape index (κ3) is 2.35. The molecule has 3 rings (SSSR count). The second-order valence-electron chi connectivity index (χ2n) is 5.00. The number of anilines is 1. The second-order valence-corrected chi connectivity index (χ2v) is 5.00. The van der Waals surface area contributed by atoms with Gasteiger partial charge in [-0.15, -0.1) is 0 Å². The van der Waals surface area contributed by atoms with E-state index >= 15 is 0 Å². The van der Waals surface area contributed by atoms with Gasteiger partial charge in [0, 0.05) is 12.6 Å². The molecule has 0 bridgehead atoms. The molecule has 2 heterocycles. The topological polar surface area (TPSA) is 29.9 Å². The maximum Gasteiger partial charge on any atom is 0.125 e. The van der Waals surface area contributed by atoms with Crippen molar-refractivity contribution in [3.63, 3.8) is 0 Å². The molecule has 0 amide bonds. The molecular weight excluding hydrogens is 241 g/mol. The van der Waals surface area contributed by atoms with Gasteiger partial charge in [-0.1, -0.05) is 25.5 Å². The van der Waals surface area contributed by atoms with E-state index in [9.17, 15) is 4.39 Å². The van der Waals surface area contributed by atoms with Gasteiger partial charge in [0.15, 0.2) is 0 Å². The Hall–Kier alpha value is -1.84. The predicted molar refractivity (Wildman–Crippen MR) is 73.9 cm³/mol.